The van der Waals surface area contributed by atoms with E-state index in [0.717, 1.165) is 42.9 Å². The molecule has 0 saturated carbocycles. The maximum absolute atomic E-state index is 11.0. The van der Waals surface area contributed by atoms with Crippen LogP contribution >= 0.6 is 0 Å². The predicted octanol–water partition coefficient (Wildman–Crippen LogP) is 3.13. The Hall–Kier alpha value is -2.44. The lowest BCUT2D eigenvalue weighted by Crippen LogP contribution is -2.53. The standard InChI is InChI=1S/C22H29N3O3/c1-16(2)25-10-9-24(13-17(25)3)14-20-11-18(19-5-4-8-23-12-19)6-7-21(20)28-15-22(26)27/h4-8,11-12,16-17H,9-10,13-15H2,1-3H3,(H,26,27)/t17-/m0/s1. The predicted molar refractivity (Wildman–Crippen MR) is 109 cm³/mol. The molecule has 150 valence electrons. The van der Waals surface area contributed by atoms with Crippen LogP contribution in [-0.4, -0.2) is 64.2 Å². The number of rotatable bonds is 7. The van der Waals surface area contributed by atoms with Crippen molar-refractivity contribution in [2.45, 2.75) is 39.4 Å². The summed E-state index contributed by atoms with van der Waals surface area (Å²) in [6.45, 7) is 10.1. The summed E-state index contributed by atoms with van der Waals surface area (Å²) < 4.78 is 5.56. The molecule has 0 radical (unpaired) electrons. The van der Waals surface area contributed by atoms with E-state index < -0.39 is 5.97 Å². The molecule has 0 amide bonds. The molecule has 0 aliphatic carbocycles. The highest BCUT2D eigenvalue weighted by Gasteiger charge is 2.26. The minimum atomic E-state index is -0.971. The Morgan fingerprint density at radius 2 is 2.11 bits per heavy atom. The number of hydrogen-bond acceptors (Lipinski definition) is 5. The zero-order valence-corrected chi connectivity index (χ0v) is 16.8. The smallest absolute Gasteiger partial charge is 0.341 e. The van der Waals surface area contributed by atoms with Crippen LogP contribution < -0.4 is 4.74 Å². The second-order valence-electron chi connectivity index (χ2n) is 7.66. The van der Waals surface area contributed by atoms with Gasteiger partial charge in [0, 0.05) is 61.8 Å². The van der Waals surface area contributed by atoms with E-state index in [9.17, 15) is 4.79 Å². The van der Waals surface area contributed by atoms with Gasteiger partial charge in [0.15, 0.2) is 6.61 Å². The molecule has 2 heterocycles. The summed E-state index contributed by atoms with van der Waals surface area (Å²) in [6.07, 6.45) is 3.59. The van der Waals surface area contributed by atoms with Crippen LogP contribution in [0.1, 0.15) is 26.3 Å². The molecule has 1 aliphatic heterocycles. The molecule has 6 nitrogen and oxygen atoms in total. The van der Waals surface area contributed by atoms with E-state index in [1.54, 1.807) is 6.20 Å². The highest BCUT2D eigenvalue weighted by Crippen LogP contribution is 2.28. The van der Waals surface area contributed by atoms with Crippen molar-refractivity contribution in [3.05, 3.63) is 48.3 Å². The molecule has 1 aromatic carbocycles. The minimum Gasteiger partial charge on any atom is -0.482 e. The maximum Gasteiger partial charge on any atom is 0.341 e. The fraction of sp³-hybridized carbons (Fsp3) is 0.455. The number of benzene rings is 1. The molecule has 1 aromatic heterocycles. The molecule has 1 N–H and O–H groups in total. The van der Waals surface area contributed by atoms with E-state index in [1.165, 1.54) is 0 Å². The van der Waals surface area contributed by atoms with E-state index >= 15 is 0 Å². The Morgan fingerprint density at radius 1 is 1.29 bits per heavy atom. The van der Waals surface area contributed by atoms with Crippen molar-refractivity contribution in [3.8, 4) is 16.9 Å². The topological polar surface area (TPSA) is 65.9 Å². The van der Waals surface area contributed by atoms with Gasteiger partial charge in [-0.1, -0.05) is 12.1 Å². The lowest BCUT2D eigenvalue weighted by atomic mass is 10.0. The van der Waals surface area contributed by atoms with Crippen molar-refractivity contribution in [3.63, 3.8) is 0 Å². The van der Waals surface area contributed by atoms with Gasteiger partial charge >= 0.3 is 5.97 Å². The van der Waals surface area contributed by atoms with Gasteiger partial charge in [-0.15, -0.1) is 0 Å². The van der Waals surface area contributed by atoms with Gasteiger partial charge in [0.05, 0.1) is 0 Å². The summed E-state index contributed by atoms with van der Waals surface area (Å²) in [5.74, 6) is -0.338. The Morgan fingerprint density at radius 3 is 2.75 bits per heavy atom. The third-order valence-corrected chi connectivity index (χ3v) is 5.23. The largest absolute Gasteiger partial charge is 0.482 e. The van der Waals surface area contributed by atoms with Gasteiger partial charge in [-0.2, -0.15) is 0 Å². The van der Waals surface area contributed by atoms with Crippen LogP contribution in [-0.2, 0) is 11.3 Å². The SMILES string of the molecule is CC(C)N1CCN(Cc2cc(-c3cccnc3)ccc2OCC(=O)O)C[C@@H]1C. The summed E-state index contributed by atoms with van der Waals surface area (Å²) in [5, 5.41) is 8.99. The molecule has 1 saturated heterocycles. The van der Waals surface area contributed by atoms with E-state index in [2.05, 4.69) is 41.6 Å². The van der Waals surface area contributed by atoms with Gasteiger partial charge in [-0.25, -0.2) is 4.79 Å². The van der Waals surface area contributed by atoms with E-state index in [-0.39, 0.29) is 6.61 Å². The van der Waals surface area contributed by atoms with Crippen molar-refractivity contribution < 1.29 is 14.6 Å². The summed E-state index contributed by atoms with van der Waals surface area (Å²) in [4.78, 5) is 20.1. The molecule has 0 spiro atoms. The monoisotopic (exact) mass is 383 g/mol. The molecule has 3 rings (SSSR count). The molecule has 1 atom stereocenters. The molecule has 0 unspecified atom stereocenters. The number of aromatic nitrogens is 1. The van der Waals surface area contributed by atoms with Crippen LogP contribution in [0.4, 0.5) is 0 Å². The molecule has 1 aliphatic rings. The number of aliphatic carboxylic acids is 1. The zero-order valence-electron chi connectivity index (χ0n) is 16.8. The Kier molecular flexibility index (Phi) is 6.65. The molecular weight excluding hydrogens is 354 g/mol. The Labute approximate surface area is 166 Å². The number of nitrogens with zero attached hydrogens (tertiary/aromatic N) is 3. The first-order valence-electron chi connectivity index (χ1n) is 9.80. The van der Waals surface area contributed by atoms with Crippen LogP contribution in [0, 0.1) is 0 Å². The Balaban J connectivity index is 1.81. The third kappa shape index (κ3) is 5.09. The fourth-order valence-electron chi connectivity index (χ4n) is 3.90. The number of hydrogen-bond donors (Lipinski definition) is 1. The lowest BCUT2D eigenvalue weighted by Gasteiger charge is -2.42. The van der Waals surface area contributed by atoms with Crippen LogP contribution in [0.15, 0.2) is 42.7 Å². The average molecular weight is 383 g/mol. The molecule has 28 heavy (non-hydrogen) atoms. The van der Waals surface area contributed by atoms with Crippen molar-refractivity contribution in [1.29, 1.82) is 0 Å². The number of carbonyl (C=O) groups is 1. The molecular formula is C22H29N3O3. The molecule has 1 fully saturated rings. The van der Waals surface area contributed by atoms with Gasteiger partial charge in [0.25, 0.3) is 0 Å². The number of ether oxygens (including phenoxy) is 1. The molecule has 6 heteroatoms. The molecule has 2 aromatic rings. The number of carboxylic acid groups (broad SMARTS) is 1. The highest BCUT2D eigenvalue weighted by molar-refractivity contribution is 5.69. The van der Waals surface area contributed by atoms with Crippen molar-refractivity contribution in [2.24, 2.45) is 0 Å². The second kappa shape index (κ2) is 9.17. The van der Waals surface area contributed by atoms with Crippen LogP contribution in [0.3, 0.4) is 0 Å². The average Bonchev–Trinajstić information content (AvgIpc) is 2.67. The van der Waals surface area contributed by atoms with Gasteiger partial charge in [-0.3, -0.25) is 14.8 Å². The highest BCUT2D eigenvalue weighted by atomic mass is 16.5. The van der Waals surface area contributed by atoms with E-state index in [1.807, 2.05) is 30.5 Å². The maximum atomic E-state index is 11.0. The van der Waals surface area contributed by atoms with Crippen molar-refractivity contribution in [1.82, 2.24) is 14.8 Å². The minimum absolute atomic E-state index is 0.337. The summed E-state index contributed by atoms with van der Waals surface area (Å²) in [6, 6.07) is 10.9. The van der Waals surface area contributed by atoms with E-state index in [4.69, 9.17) is 9.84 Å². The first-order chi connectivity index (χ1) is 13.4. The first-order valence-corrected chi connectivity index (χ1v) is 9.80. The van der Waals surface area contributed by atoms with Gasteiger partial charge in [0.1, 0.15) is 5.75 Å². The van der Waals surface area contributed by atoms with Crippen molar-refractivity contribution >= 4 is 5.97 Å². The number of carboxylic acids is 1. The van der Waals surface area contributed by atoms with E-state index in [0.29, 0.717) is 17.8 Å². The quantitative estimate of drug-likeness (QED) is 0.792. The molecule has 0 bridgehead atoms. The summed E-state index contributed by atoms with van der Waals surface area (Å²) in [7, 11) is 0. The van der Waals surface area contributed by atoms with Crippen LogP contribution in [0.25, 0.3) is 11.1 Å². The summed E-state index contributed by atoms with van der Waals surface area (Å²) >= 11 is 0. The summed E-state index contributed by atoms with van der Waals surface area (Å²) in [5.41, 5.74) is 3.10. The van der Waals surface area contributed by atoms with Gasteiger partial charge < -0.3 is 9.84 Å². The number of pyridine rings is 1. The van der Waals surface area contributed by atoms with Crippen LogP contribution in [0.2, 0.25) is 0 Å². The second-order valence-corrected chi connectivity index (χ2v) is 7.66. The van der Waals surface area contributed by atoms with Gasteiger partial charge in [-0.05, 0) is 44.5 Å². The van der Waals surface area contributed by atoms with Crippen molar-refractivity contribution in [2.75, 3.05) is 26.2 Å². The Bertz CT molecular complexity index is 795. The zero-order chi connectivity index (χ0) is 20.1. The number of piperazine rings is 1. The van der Waals surface area contributed by atoms with Gasteiger partial charge in [0.2, 0.25) is 0 Å². The fourth-order valence-corrected chi connectivity index (χ4v) is 3.90. The van der Waals surface area contributed by atoms with Crippen LogP contribution in [0.5, 0.6) is 5.75 Å². The first kappa shape index (κ1) is 20.3. The third-order valence-electron chi connectivity index (χ3n) is 5.23. The normalized spacial score (nSPS) is 18.4. The lowest BCUT2D eigenvalue weighted by molar-refractivity contribution is -0.139.